The maximum Gasteiger partial charge on any atom is 0.182 e. The maximum absolute atomic E-state index is 14.0. The highest BCUT2D eigenvalue weighted by atomic mass is 19.1. The summed E-state index contributed by atoms with van der Waals surface area (Å²) in [5.74, 6) is 0.355. The molecular weight excluding hydrogens is 335 g/mol. The first-order chi connectivity index (χ1) is 12.6. The number of nitrogens with one attached hydrogen (secondary N) is 2. The second-order valence-corrected chi connectivity index (χ2v) is 6.61. The number of anilines is 2. The van der Waals surface area contributed by atoms with Gasteiger partial charge in [-0.3, -0.25) is 0 Å². The number of imidazole rings is 1. The highest BCUT2D eigenvalue weighted by molar-refractivity contribution is 5.82. The molecule has 0 spiro atoms. The number of aliphatic hydroxyl groups is 1. The van der Waals surface area contributed by atoms with E-state index in [2.05, 4.69) is 30.2 Å². The van der Waals surface area contributed by atoms with Crippen molar-refractivity contribution in [1.29, 1.82) is 0 Å². The number of aliphatic hydroxyl groups excluding tert-OH is 1. The average Bonchev–Trinajstić information content (AvgIpc) is 3.12. The SMILES string of the molecule is CC(Nc1ncnc2nc[nH]c12)c1cc(F)ccc1N1CCC(O)CC1. The van der Waals surface area contributed by atoms with Gasteiger partial charge in [0.2, 0.25) is 0 Å². The lowest BCUT2D eigenvalue weighted by Crippen LogP contribution is -2.36. The van der Waals surface area contributed by atoms with E-state index >= 15 is 0 Å². The van der Waals surface area contributed by atoms with Gasteiger partial charge in [-0.25, -0.2) is 19.3 Å². The van der Waals surface area contributed by atoms with Crippen LogP contribution in [-0.4, -0.2) is 44.2 Å². The number of fused-ring (bicyclic) bond motifs is 1. The summed E-state index contributed by atoms with van der Waals surface area (Å²) >= 11 is 0. The zero-order chi connectivity index (χ0) is 18.1. The lowest BCUT2D eigenvalue weighted by Gasteiger charge is -2.34. The Morgan fingerprint density at radius 1 is 1.27 bits per heavy atom. The molecule has 1 aliphatic heterocycles. The van der Waals surface area contributed by atoms with Crippen LogP contribution in [0.2, 0.25) is 0 Å². The third-order valence-corrected chi connectivity index (χ3v) is 4.84. The van der Waals surface area contributed by atoms with Crippen LogP contribution in [0.25, 0.3) is 11.2 Å². The van der Waals surface area contributed by atoms with Gasteiger partial charge in [-0.2, -0.15) is 0 Å². The molecule has 1 aromatic carbocycles. The Hall–Kier alpha value is -2.74. The number of hydrogen-bond donors (Lipinski definition) is 3. The summed E-state index contributed by atoms with van der Waals surface area (Å²) in [7, 11) is 0. The Morgan fingerprint density at radius 3 is 2.88 bits per heavy atom. The largest absolute Gasteiger partial charge is 0.393 e. The minimum Gasteiger partial charge on any atom is -0.393 e. The quantitative estimate of drug-likeness (QED) is 0.666. The number of aromatic amines is 1. The molecule has 1 aliphatic rings. The molecule has 0 bridgehead atoms. The van der Waals surface area contributed by atoms with Gasteiger partial charge in [0, 0.05) is 24.3 Å². The molecule has 2 aromatic heterocycles. The van der Waals surface area contributed by atoms with Gasteiger partial charge in [0.15, 0.2) is 11.5 Å². The zero-order valence-electron chi connectivity index (χ0n) is 14.5. The molecule has 3 N–H and O–H groups in total. The maximum atomic E-state index is 14.0. The summed E-state index contributed by atoms with van der Waals surface area (Å²) in [6.07, 6.45) is 4.22. The summed E-state index contributed by atoms with van der Waals surface area (Å²) in [5.41, 5.74) is 3.14. The number of nitrogens with zero attached hydrogens (tertiary/aromatic N) is 4. The minimum atomic E-state index is -0.274. The predicted octanol–water partition coefficient (Wildman–Crippen LogP) is 2.63. The van der Waals surface area contributed by atoms with Gasteiger partial charge >= 0.3 is 0 Å². The summed E-state index contributed by atoms with van der Waals surface area (Å²) in [6.45, 7) is 3.48. The van der Waals surface area contributed by atoms with Crippen LogP contribution in [0.3, 0.4) is 0 Å². The lowest BCUT2D eigenvalue weighted by molar-refractivity contribution is 0.145. The van der Waals surface area contributed by atoms with E-state index in [0.29, 0.717) is 11.5 Å². The third-order valence-electron chi connectivity index (χ3n) is 4.84. The van der Waals surface area contributed by atoms with E-state index in [1.165, 1.54) is 12.4 Å². The third kappa shape index (κ3) is 3.20. The van der Waals surface area contributed by atoms with E-state index in [1.54, 1.807) is 12.4 Å². The molecule has 0 aliphatic carbocycles. The first kappa shape index (κ1) is 16.7. The zero-order valence-corrected chi connectivity index (χ0v) is 14.5. The number of hydrogen-bond acceptors (Lipinski definition) is 6. The van der Waals surface area contributed by atoms with Gasteiger partial charge < -0.3 is 20.3 Å². The fraction of sp³-hybridized carbons (Fsp3) is 0.389. The second-order valence-electron chi connectivity index (χ2n) is 6.61. The van der Waals surface area contributed by atoms with Gasteiger partial charge in [-0.05, 0) is 38.0 Å². The molecule has 8 heteroatoms. The van der Waals surface area contributed by atoms with Crippen molar-refractivity contribution in [3.63, 3.8) is 0 Å². The predicted molar refractivity (Wildman–Crippen MR) is 97.6 cm³/mol. The summed E-state index contributed by atoms with van der Waals surface area (Å²) in [4.78, 5) is 17.8. The lowest BCUT2D eigenvalue weighted by atomic mass is 10.0. The average molecular weight is 356 g/mol. The van der Waals surface area contributed by atoms with Crippen molar-refractivity contribution in [2.24, 2.45) is 0 Å². The molecule has 1 atom stereocenters. The van der Waals surface area contributed by atoms with E-state index in [-0.39, 0.29) is 18.0 Å². The molecule has 136 valence electrons. The van der Waals surface area contributed by atoms with Crippen LogP contribution in [-0.2, 0) is 0 Å². The molecule has 4 rings (SSSR count). The normalized spacial score (nSPS) is 16.8. The number of piperidine rings is 1. The Balaban J connectivity index is 1.64. The molecule has 0 amide bonds. The first-order valence-electron chi connectivity index (χ1n) is 8.75. The van der Waals surface area contributed by atoms with Crippen molar-refractivity contribution in [3.05, 3.63) is 42.2 Å². The van der Waals surface area contributed by atoms with Crippen LogP contribution in [0.5, 0.6) is 0 Å². The van der Waals surface area contributed by atoms with Crippen molar-refractivity contribution in [2.45, 2.75) is 31.9 Å². The van der Waals surface area contributed by atoms with Crippen LogP contribution >= 0.6 is 0 Å². The van der Waals surface area contributed by atoms with E-state index in [1.807, 2.05) is 13.0 Å². The molecule has 0 radical (unpaired) electrons. The van der Waals surface area contributed by atoms with Gasteiger partial charge in [0.05, 0.1) is 18.5 Å². The number of aromatic nitrogens is 4. The van der Waals surface area contributed by atoms with Crippen LogP contribution < -0.4 is 10.2 Å². The van der Waals surface area contributed by atoms with Gasteiger partial charge in [0.1, 0.15) is 17.7 Å². The minimum absolute atomic E-state index is 0.172. The second kappa shape index (κ2) is 6.87. The summed E-state index contributed by atoms with van der Waals surface area (Å²) in [6, 6.07) is 4.68. The molecule has 1 unspecified atom stereocenters. The van der Waals surface area contributed by atoms with E-state index in [4.69, 9.17) is 0 Å². The number of H-pyrrole nitrogens is 1. The monoisotopic (exact) mass is 356 g/mol. The highest BCUT2D eigenvalue weighted by Gasteiger charge is 2.22. The topological polar surface area (TPSA) is 90.0 Å². The molecule has 0 saturated carbocycles. The number of benzene rings is 1. The van der Waals surface area contributed by atoms with E-state index in [0.717, 1.165) is 42.7 Å². The molecule has 3 aromatic rings. The number of halogens is 1. The van der Waals surface area contributed by atoms with Crippen LogP contribution in [0.15, 0.2) is 30.9 Å². The van der Waals surface area contributed by atoms with Crippen molar-refractivity contribution in [3.8, 4) is 0 Å². The van der Waals surface area contributed by atoms with E-state index < -0.39 is 0 Å². The summed E-state index contributed by atoms with van der Waals surface area (Å²) in [5, 5.41) is 13.1. The standard InChI is InChI=1S/C18H21FN6O/c1-11(24-18-16-17(21-9-20-16)22-10-23-18)14-8-12(19)2-3-15(14)25-6-4-13(26)5-7-25/h2-3,8-11,13,26H,4-7H2,1H3,(H2,20,21,22,23,24). The number of rotatable bonds is 4. The van der Waals surface area contributed by atoms with Crippen molar-refractivity contribution in [2.75, 3.05) is 23.3 Å². The first-order valence-corrected chi connectivity index (χ1v) is 8.75. The molecule has 7 nitrogen and oxygen atoms in total. The molecular formula is C18H21FN6O. The van der Waals surface area contributed by atoms with Gasteiger partial charge in [-0.15, -0.1) is 0 Å². The molecule has 3 heterocycles. The molecule has 1 saturated heterocycles. The van der Waals surface area contributed by atoms with Crippen molar-refractivity contribution in [1.82, 2.24) is 19.9 Å². The van der Waals surface area contributed by atoms with Crippen LogP contribution in [0.1, 0.15) is 31.4 Å². The Labute approximate surface area is 150 Å². The van der Waals surface area contributed by atoms with Gasteiger partial charge in [-0.1, -0.05) is 0 Å². The fourth-order valence-corrected chi connectivity index (χ4v) is 3.42. The molecule has 26 heavy (non-hydrogen) atoms. The van der Waals surface area contributed by atoms with Crippen molar-refractivity contribution < 1.29 is 9.50 Å². The Kier molecular flexibility index (Phi) is 4.42. The molecule has 1 fully saturated rings. The van der Waals surface area contributed by atoms with Gasteiger partial charge in [0.25, 0.3) is 0 Å². The Bertz CT molecular complexity index is 906. The fourth-order valence-electron chi connectivity index (χ4n) is 3.42. The Morgan fingerprint density at radius 2 is 2.08 bits per heavy atom. The summed E-state index contributed by atoms with van der Waals surface area (Å²) < 4.78 is 14.0. The van der Waals surface area contributed by atoms with Crippen molar-refractivity contribution >= 4 is 22.7 Å². The smallest absolute Gasteiger partial charge is 0.182 e. The van der Waals surface area contributed by atoms with Crippen LogP contribution in [0, 0.1) is 5.82 Å². The highest BCUT2D eigenvalue weighted by Crippen LogP contribution is 2.32. The van der Waals surface area contributed by atoms with E-state index in [9.17, 15) is 9.50 Å². The van der Waals surface area contributed by atoms with Crippen LogP contribution in [0.4, 0.5) is 15.9 Å².